The van der Waals surface area contributed by atoms with Crippen LogP contribution in [-0.4, -0.2) is 32.5 Å². The molecule has 0 atom stereocenters. The molecule has 1 N–H and O–H groups in total. The predicted octanol–water partition coefficient (Wildman–Crippen LogP) is 4.78. The van der Waals surface area contributed by atoms with Crippen molar-refractivity contribution >= 4 is 35.3 Å². The summed E-state index contributed by atoms with van der Waals surface area (Å²) in [7, 11) is 3.34. The van der Waals surface area contributed by atoms with E-state index in [1.165, 1.54) is 17.3 Å². The van der Waals surface area contributed by atoms with E-state index in [0.29, 0.717) is 22.8 Å². The van der Waals surface area contributed by atoms with Crippen molar-refractivity contribution in [1.82, 2.24) is 5.32 Å². The molecule has 0 spiro atoms. The second kappa shape index (κ2) is 9.75. The van der Waals surface area contributed by atoms with Crippen molar-refractivity contribution in [2.45, 2.75) is 11.3 Å². The number of para-hydroxylation sites is 1. The first-order chi connectivity index (χ1) is 15.6. The summed E-state index contributed by atoms with van der Waals surface area (Å²) in [4.78, 5) is 28.8. The number of ether oxygens (including phenoxy) is 1. The maximum absolute atomic E-state index is 13.0. The Bertz CT molecular complexity index is 1170. The lowest BCUT2D eigenvalue weighted by Gasteiger charge is -2.27. The molecule has 0 fully saturated rings. The Kier molecular flexibility index (Phi) is 6.61. The van der Waals surface area contributed by atoms with E-state index >= 15 is 0 Å². The van der Waals surface area contributed by atoms with Crippen LogP contribution in [0.5, 0.6) is 5.75 Å². The molecule has 2 amide bonds. The van der Waals surface area contributed by atoms with Gasteiger partial charge in [-0.15, -0.1) is 0 Å². The Hall–Kier alpha value is -3.51. The molecule has 1 aliphatic heterocycles. The molecule has 0 saturated carbocycles. The van der Waals surface area contributed by atoms with Crippen molar-refractivity contribution in [2.75, 3.05) is 25.6 Å². The molecule has 5 nitrogen and oxygen atoms in total. The first-order valence-corrected chi connectivity index (χ1v) is 11.2. The molecular weight excluding hydrogens is 420 g/mol. The van der Waals surface area contributed by atoms with E-state index in [1.807, 2.05) is 66.7 Å². The number of thioether (sulfide) groups is 1. The van der Waals surface area contributed by atoms with Crippen molar-refractivity contribution in [2.24, 2.45) is 0 Å². The number of carbonyl (C=O) groups excluding carboxylic acids is 2. The third-order valence-electron chi connectivity index (χ3n) is 5.29. The van der Waals surface area contributed by atoms with Crippen LogP contribution in [-0.2, 0) is 11.2 Å². The summed E-state index contributed by atoms with van der Waals surface area (Å²) in [5.74, 6) is 0.448. The number of nitrogens with one attached hydrogen (secondary N) is 1. The maximum Gasteiger partial charge on any atom is 0.264 e. The number of carbonyl (C=O) groups is 2. The van der Waals surface area contributed by atoms with Gasteiger partial charge in [0.05, 0.1) is 17.7 Å². The lowest BCUT2D eigenvalue weighted by Crippen LogP contribution is -2.31. The number of methoxy groups -OCH3 is 1. The maximum atomic E-state index is 13.0. The van der Waals surface area contributed by atoms with E-state index in [1.54, 1.807) is 31.2 Å². The Labute approximate surface area is 192 Å². The molecule has 0 aliphatic carbocycles. The van der Waals surface area contributed by atoms with E-state index in [0.717, 1.165) is 22.6 Å². The van der Waals surface area contributed by atoms with Gasteiger partial charge < -0.3 is 15.0 Å². The zero-order chi connectivity index (χ0) is 22.5. The third-order valence-corrected chi connectivity index (χ3v) is 6.36. The SMILES string of the molecule is COc1ccccc1C=C1Sc2ccc(C(=O)NCCc3ccccc3)cc2N(C)C1=O. The fourth-order valence-electron chi connectivity index (χ4n) is 3.53. The summed E-state index contributed by atoms with van der Waals surface area (Å²) in [5.41, 5.74) is 3.29. The van der Waals surface area contributed by atoms with E-state index in [9.17, 15) is 9.59 Å². The van der Waals surface area contributed by atoms with E-state index < -0.39 is 0 Å². The van der Waals surface area contributed by atoms with Gasteiger partial charge in [-0.2, -0.15) is 0 Å². The molecule has 32 heavy (non-hydrogen) atoms. The molecule has 0 aromatic heterocycles. The highest BCUT2D eigenvalue weighted by molar-refractivity contribution is 8.04. The zero-order valence-corrected chi connectivity index (χ0v) is 18.8. The standard InChI is InChI=1S/C26H24N2O3S/c1-28-21-16-20(25(29)27-15-14-18-8-4-3-5-9-18)12-13-23(21)32-24(26(28)30)17-19-10-6-7-11-22(19)31-2/h3-13,16-17H,14-15H2,1-2H3,(H,27,29). The van der Waals surface area contributed by atoms with E-state index in [4.69, 9.17) is 4.74 Å². The van der Waals surface area contributed by atoms with E-state index in [-0.39, 0.29) is 11.8 Å². The van der Waals surface area contributed by atoms with Crippen LogP contribution in [0.2, 0.25) is 0 Å². The monoisotopic (exact) mass is 444 g/mol. The van der Waals surface area contributed by atoms with Gasteiger partial charge in [0.15, 0.2) is 0 Å². The molecular formula is C26H24N2O3S. The molecule has 3 aromatic rings. The largest absolute Gasteiger partial charge is 0.496 e. The lowest BCUT2D eigenvalue weighted by atomic mass is 10.1. The second-order valence-electron chi connectivity index (χ2n) is 7.39. The topological polar surface area (TPSA) is 58.6 Å². The highest BCUT2D eigenvalue weighted by Gasteiger charge is 2.27. The number of benzene rings is 3. The van der Waals surface area contributed by atoms with Crippen LogP contribution in [0.15, 0.2) is 82.6 Å². The highest BCUT2D eigenvalue weighted by Crippen LogP contribution is 2.42. The lowest BCUT2D eigenvalue weighted by molar-refractivity contribution is -0.114. The molecule has 162 valence electrons. The molecule has 1 aliphatic rings. The van der Waals surface area contributed by atoms with Crippen molar-refractivity contribution in [1.29, 1.82) is 0 Å². The van der Waals surface area contributed by atoms with Crippen LogP contribution in [0.25, 0.3) is 6.08 Å². The number of rotatable bonds is 6. The highest BCUT2D eigenvalue weighted by atomic mass is 32.2. The molecule has 0 radical (unpaired) electrons. The van der Waals surface area contributed by atoms with Gasteiger partial charge in [0.2, 0.25) is 0 Å². The average Bonchev–Trinajstić information content (AvgIpc) is 2.83. The van der Waals surface area contributed by atoms with E-state index in [2.05, 4.69) is 5.32 Å². The second-order valence-corrected chi connectivity index (χ2v) is 8.47. The molecule has 6 heteroatoms. The van der Waals surface area contributed by atoms with Gasteiger partial charge in [0.1, 0.15) is 5.75 Å². The first-order valence-electron chi connectivity index (χ1n) is 10.3. The molecule has 4 rings (SSSR count). The number of hydrogen-bond donors (Lipinski definition) is 1. The minimum atomic E-state index is -0.148. The van der Waals surface area contributed by atoms with Crippen molar-refractivity contribution < 1.29 is 14.3 Å². The number of anilines is 1. The van der Waals surface area contributed by atoms with Gasteiger partial charge in [-0.3, -0.25) is 9.59 Å². The van der Waals surface area contributed by atoms with Crippen LogP contribution in [0.3, 0.4) is 0 Å². The summed E-state index contributed by atoms with van der Waals surface area (Å²) >= 11 is 1.40. The molecule has 3 aromatic carbocycles. The summed E-state index contributed by atoms with van der Waals surface area (Å²) in [6.45, 7) is 0.551. The minimum Gasteiger partial charge on any atom is -0.496 e. The van der Waals surface area contributed by atoms with Crippen LogP contribution >= 0.6 is 11.8 Å². The number of amides is 2. The average molecular weight is 445 g/mol. The smallest absolute Gasteiger partial charge is 0.264 e. The first kappa shape index (κ1) is 21.7. The van der Waals surface area contributed by atoms with Crippen molar-refractivity contribution in [3.05, 3.63) is 94.4 Å². The van der Waals surface area contributed by atoms with Crippen LogP contribution in [0, 0.1) is 0 Å². The summed E-state index contributed by atoms with van der Waals surface area (Å²) < 4.78 is 5.40. The molecule has 0 unspecified atom stereocenters. The van der Waals surface area contributed by atoms with Crippen LogP contribution in [0.1, 0.15) is 21.5 Å². The predicted molar refractivity (Wildman–Crippen MR) is 129 cm³/mol. The minimum absolute atomic E-state index is 0.116. The van der Waals surface area contributed by atoms with Crippen LogP contribution < -0.4 is 15.0 Å². The van der Waals surface area contributed by atoms with Gasteiger partial charge in [0.25, 0.3) is 11.8 Å². The van der Waals surface area contributed by atoms with Crippen LogP contribution in [0.4, 0.5) is 5.69 Å². The molecule has 1 heterocycles. The van der Waals surface area contributed by atoms with Crippen molar-refractivity contribution in [3.63, 3.8) is 0 Å². The Balaban J connectivity index is 1.50. The summed E-state index contributed by atoms with van der Waals surface area (Å²) in [6, 6.07) is 23.1. The Morgan fingerprint density at radius 1 is 1.06 bits per heavy atom. The van der Waals surface area contributed by atoms with Gasteiger partial charge in [-0.05, 0) is 42.3 Å². The normalized spacial score (nSPS) is 14.2. The molecule has 0 saturated heterocycles. The van der Waals surface area contributed by atoms with Gasteiger partial charge in [-0.1, -0.05) is 60.3 Å². The van der Waals surface area contributed by atoms with Gasteiger partial charge >= 0.3 is 0 Å². The fraction of sp³-hybridized carbons (Fsp3) is 0.154. The number of likely N-dealkylation sites (N-methyl/N-ethyl adjacent to an activating group) is 1. The summed E-state index contributed by atoms with van der Waals surface area (Å²) in [6.07, 6.45) is 2.61. The molecule has 0 bridgehead atoms. The zero-order valence-electron chi connectivity index (χ0n) is 18.0. The summed E-state index contributed by atoms with van der Waals surface area (Å²) in [5, 5.41) is 2.96. The van der Waals surface area contributed by atoms with Gasteiger partial charge in [-0.25, -0.2) is 0 Å². The van der Waals surface area contributed by atoms with Crippen molar-refractivity contribution in [3.8, 4) is 5.75 Å². The number of fused-ring (bicyclic) bond motifs is 1. The van der Waals surface area contributed by atoms with Gasteiger partial charge in [0, 0.05) is 29.6 Å². The Morgan fingerprint density at radius 3 is 2.59 bits per heavy atom. The Morgan fingerprint density at radius 2 is 1.81 bits per heavy atom. The number of nitrogens with zero attached hydrogens (tertiary/aromatic N) is 1. The number of hydrogen-bond acceptors (Lipinski definition) is 4. The quantitative estimate of drug-likeness (QED) is 0.556. The fourth-order valence-corrected chi connectivity index (χ4v) is 4.61. The third kappa shape index (κ3) is 4.70.